The van der Waals surface area contributed by atoms with E-state index < -0.39 is 10.0 Å². The number of hydrogen-bond acceptors (Lipinski definition) is 4. The van der Waals surface area contributed by atoms with Crippen LogP contribution in [0.15, 0.2) is 29.4 Å². The first kappa shape index (κ1) is 25.9. The van der Waals surface area contributed by atoms with E-state index in [1.807, 2.05) is 6.20 Å². The van der Waals surface area contributed by atoms with E-state index in [-0.39, 0.29) is 42.4 Å². The molecule has 1 saturated heterocycles. The molecule has 1 aromatic carbocycles. The van der Waals surface area contributed by atoms with Gasteiger partial charge in [0.1, 0.15) is 0 Å². The van der Waals surface area contributed by atoms with Crippen molar-refractivity contribution in [2.75, 3.05) is 39.0 Å². The third-order valence-electron chi connectivity index (χ3n) is 5.39. The Kier molecular flexibility index (Phi) is 10.5. The number of aryl methyl sites for hydroxylation is 1. The maximum absolute atomic E-state index is 12.2. The quantitative estimate of drug-likeness (QED) is 0.213. The molecule has 0 bridgehead atoms. The minimum absolute atomic E-state index is 0. The maximum Gasteiger partial charge on any atom is 0.213 e. The third-order valence-corrected chi connectivity index (χ3v) is 6.74. The summed E-state index contributed by atoms with van der Waals surface area (Å²) in [6, 6.07) is 6.28. The molecule has 10 heteroatoms. The predicted molar refractivity (Wildman–Crippen MR) is 137 cm³/mol. The van der Waals surface area contributed by atoms with E-state index in [1.165, 1.54) is 22.0 Å². The molecule has 1 aliphatic rings. The van der Waals surface area contributed by atoms with Gasteiger partial charge < -0.3 is 20.4 Å². The van der Waals surface area contributed by atoms with Crippen LogP contribution < -0.4 is 15.4 Å². The molecule has 174 valence electrons. The van der Waals surface area contributed by atoms with Crippen LogP contribution in [0, 0.1) is 6.92 Å². The highest BCUT2D eigenvalue weighted by Crippen LogP contribution is 2.21. The molecule has 0 saturated carbocycles. The van der Waals surface area contributed by atoms with Gasteiger partial charge >= 0.3 is 0 Å². The first-order valence-electron chi connectivity index (χ1n) is 10.6. The van der Waals surface area contributed by atoms with Gasteiger partial charge in [0, 0.05) is 50.4 Å². The van der Waals surface area contributed by atoms with Crippen molar-refractivity contribution in [1.82, 2.24) is 20.3 Å². The second-order valence-corrected chi connectivity index (χ2v) is 9.57. The monoisotopic (exact) mass is 563 g/mol. The van der Waals surface area contributed by atoms with Crippen LogP contribution in [0.3, 0.4) is 0 Å². The van der Waals surface area contributed by atoms with E-state index in [9.17, 15) is 8.42 Å². The lowest BCUT2D eigenvalue weighted by molar-refractivity contribution is 0.0200. The minimum Gasteiger partial charge on any atom is -0.377 e. The average Bonchev–Trinajstić information content (AvgIpc) is 3.16. The van der Waals surface area contributed by atoms with Gasteiger partial charge in [-0.1, -0.05) is 18.2 Å². The smallest absolute Gasteiger partial charge is 0.213 e. The van der Waals surface area contributed by atoms with Crippen molar-refractivity contribution in [3.8, 4) is 0 Å². The Hall–Kier alpha value is -1.37. The van der Waals surface area contributed by atoms with E-state index in [0.29, 0.717) is 25.7 Å². The van der Waals surface area contributed by atoms with Crippen molar-refractivity contribution >= 4 is 50.9 Å². The van der Waals surface area contributed by atoms with Crippen LogP contribution in [0.4, 0.5) is 0 Å². The summed E-state index contributed by atoms with van der Waals surface area (Å²) >= 11 is 0. The van der Waals surface area contributed by atoms with Crippen molar-refractivity contribution < 1.29 is 13.2 Å². The Morgan fingerprint density at radius 2 is 2.06 bits per heavy atom. The fourth-order valence-corrected chi connectivity index (χ4v) is 4.63. The largest absolute Gasteiger partial charge is 0.377 e. The molecule has 0 aliphatic carbocycles. The van der Waals surface area contributed by atoms with Crippen molar-refractivity contribution in [2.45, 2.75) is 38.7 Å². The molecule has 2 heterocycles. The number of aliphatic imine (C=N–C) groups is 1. The number of nitrogens with one attached hydrogen (secondary N) is 4. The molecule has 1 aliphatic heterocycles. The molecule has 1 atom stereocenters. The summed E-state index contributed by atoms with van der Waals surface area (Å²) in [4.78, 5) is 7.51. The van der Waals surface area contributed by atoms with Gasteiger partial charge in [0.25, 0.3) is 0 Å². The standard InChI is InChI=1S/C21H33N5O3S.HI/c1-16-6-5-8-19-17(14-25-20(16)19)9-10-23-21(22-2)24-11-13-30(27,28)26-15-18-7-3-4-12-29-18;/h5-6,8,14,18,25-26H,3-4,7,9-13,15H2,1-2H3,(H2,22,23,24);1H. The Morgan fingerprint density at radius 3 is 2.81 bits per heavy atom. The zero-order chi connectivity index (χ0) is 21.4. The van der Waals surface area contributed by atoms with Gasteiger partial charge in [0.15, 0.2) is 5.96 Å². The lowest BCUT2D eigenvalue weighted by Crippen LogP contribution is -2.43. The number of halogens is 1. The number of guanidine groups is 1. The molecule has 0 spiro atoms. The average molecular weight is 564 g/mol. The molecule has 8 nitrogen and oxygen atoms in total. The van der Waals surface area contributed by atoms with Gasteiger partial charge in [0.05, 0.1) is 11.9 Å². The van der Waals surface area contributed by atoms with Crippen LogP contribution in [0.5, 0.6) is 0 Å². The molecule has 31 heavy (non-hydrogen) atoms. The highest BCUT2D eigenvalue weighted by molar-refractivity contribution is 14.0. The summed E-state index contributed by atoms with van der Waals surface area (Å²) in [6.45, 7) is 4.14. The Bertz CT molecular complexity index is 955. The topological polar surface area (TPSA) is 108 Å². The number of nitrogens with zero attached hydrogens (tertiary/aromatic N) is 1. The van der Waals surface area contributed by atoms with Crippen molar-refractivity contribution in [1.29, 1.82) is 0 Å². The van der Waals surface area contributed by atoms with Crippen LogP contribution >= 0.6 is 24.0 Å². The predicted octanol–water partition coefficient (Wildman–Crippen LogP) is 2.29. The summed E-state index contributed by atoms with van der Waals surface area (Å²) in [6.07, 6.45) is 5.93. The van der Waals surface area contributed by atoms with Gasteiger partial charge in [-0.15, -0.1) is 24.0 Å². The lowest BCUT2D eigenvalue weighted by Gasteiger charge is -2.22. The first-order chi connectivity index (χ1) is 14.5. The second kappa shape index (κ2) is 12.6. The van der Waals surface area contributed by atoms with Crippen LogP contribution in [-0.4, -0.2) is 64.5 Å². The number of sulfonamides is 1. The van der Waals surface area contributed by atoms with Crippen LogP contribution in [0.2, 0.25) is 0 Å². The number of rotatable bonds is 9. The fourth-order valence-electron chi connectivity index (χ4n) is 3.67. The zero-order valence-electron chi connectivity index (χ0n) is 18.2. The van der Waals surface area contributed by atoms with E-state index >= 15 is 0 Å². The van der Waals surface area contributed by atoms with Gasteiger partial charge in [-0.05, 0) is 43.7 Å². The van der Waals surface area contributed by atoms with Gasteiger partial charge in [-0.25, -0.2) is 13.1 Å². The van der Waals surface area contributed by atoms with Crippen LogP contribution in [-0.2, 0) is 21.2 Å². The molecular weight excluding hydrogens is 529 g/mol. The zero-order valence-corrected chi connectivity index (χ0v) is 21.4. The molecule has 0 amide bonds. The second-order valence-electron chi connectivity index (χ2n) is 7.64. The molecule has 1 fully saturated rings. The molecule has 3 rings (SSSR count). The normalized spacial score (nSPS) is 17.4. The van der Waals surface area contributed by atoms with E-state index in [1.54, 1.807) is 7.05 Å². The molecule has 1 aromatic heterocycles. The van der Waals surface area contributed by atoms with Crippen LogP contribution in [0.1, 0.15) is 30.4 Å². The molecule has 0 radical (unpaired) electrons. The number of H-pyrrole nitrogens is 1. The lowest BCUT2D eigenvalue weighted by atomic mass is 10.1. The number of benzene rings is 1. The Balaban J connectivity index is 0.00000341. The molecule has 1 unspecified atom stereocenters. The van der Waals surface area contributed by atoms with E-state index in [0.717, 1.165) is 25.7 Å². The first-order valence-corrected chi connectivity index (χ1v) is 12.2. The summed E-state index contributed by atoms with van der Waals surface area (Å²) in [5.41, 5.74) is 3.65. The van der Waals surface area contributed by atoms with E-state index in [4.69, 9.17) is 4.74 Å². The van der Waals surface area contributed by atoms with Gasteiger partial charge in [0.2, 0.25) is 10.0 Å². The van der Waals surface area contributed by atoms with Crippen molar-refractivity contribution in [3.63, 3.8) is 0 Å². The maximum atomic E-state index is 12.2. The minimum atomic E-state index is -3.35. The number of aromatic amines is 1. The Morgan fingerprint density at radius 1 is 1.26 bits per heavy atom. The van der Waals surface area contributed by atoms with Gasteiger partial charge in [-0.2, -0.15) is 0 Å². The SMILES string of the molecule is CN=C(NCCc1c[nH]c2c(C)cccc12)NCCS(=O)(=O)NCC1CCCCO1.I. The van der Waals surface area contributed by atoms with Crippen LogP contribution in [0.25, 0.3) is 10.9 Å². The highest BCUT2D eigenvalue weighted by atomic mass is 127. The highest BCUT2D eigenvalue weighted by Gasteiger charge is 2.17. The number of para-hydroxylation sites is 1. The molecule has 2 aromatic rings. The Labute approximate surface area is 202 Å². The van der Waals surface area contributed by atoms with E-state index in [2.05, 4.69) is 50.5 Å². The third kappa shape index (κ3) is 7.92. The summed E-state index contributed by atoms with van der Waals surface area (Å²) < 4.78 is 32.6. The number of aromatic nitrogens is 1. The summed E-state index contributed by atoms with van der Waals surface area (Å²) in [5.74, 6) is 0.583. The van der Waals surface area contributed by atoms with Crippen molar-refractivity contribution in [3.05, 3.63) is 35.5 Å². The fraction of sp³-hybridized carbons (Fsp3) is 0.571. The summed E-state index contributed by atoms with van der Waals surface area (Å²) in [5, 5.41) is 7.55. The van der Waals surface area contributed by atoms with Gasteiger partial charge in [-0.3, -0.25) is 4.99 Å². The molecule has 4 N–H and O–H groups in total. The number of hydrogen-bond donors (Lipinski definition) is 4. The number of fused-ring (bicyclic) bond motifs is 1. The molecular formula is C21H34IN5O3S. The summed E-state index contributed by atoms with van der Waals surface area (Å²) in [7, 11) is -1.67. The number of ether oxygens (including phenoxy) is 1. The van der Waals surface area contributed by atoms with Crippen molar-refractivity contribution in [2.24, 2.45) is 4.99 Å².